The van der Waals surface area contributed by atoms with E-state index in [2.05, 4.69) is 4.99 Å². The number of benzene rings is 1. The van der Waals surface area contributed by atoms with Gasteiger partial charge in [0.05, 0.1) is 18.7 Å². The first-order valence-electron chi connectivity index (χ1n) is 7.72. The first kappa shape index (κ1) is 16.4. The minimum absolute atomic E-state index is 0.0979. The zero-order valence-corrected chi connectivity index (χ0v) is 13.9. The van der Waals surface area contributed by atoms with Crippen LogP contribution < -0.4 is 0 Å². The lowest BCUT2D eigenvalue weighted by molar-refractivity contribution is -0.142. The number of rotatable bonds is 4. The number of fused-ring (bicyclic) bond motifs is 1. The first-order chi connectivity index (χ1) is 11.6. The van der Waals surface area contributed by atoms with E-state index in [9.17, 15) is 9.59 Å². The van der Waals surface area contributed by atoms with Gasteiger partial charge >= 0.3 is 5.97 Å². The van der Waals surface area contributed by atoms with Crippen molar-refractivity contribution < 1.29 is 14.3 Å². The van der Waals surface area contributed by atoms with Crippen LogP contribution in [0.15, 0.2) is 64.2 Å². The molecule has 1 aromatic rings. The van der Waals surface area contributed by atoms with E-state index in [1.54, 1.807) is 19.1 Å². The molecule has 1 heterocycles. The number of ether oxygens (including phenoxy) is 1. The van der Waals surface area contributed by atoms with Crippen molar-refractivity contribution in [3.05, 3.63) is 64.7 Å². The first-order valence-corrected chi connectivity index (χ1v) is 8.10. The Balaban J connectivity index is 2.12. The van der Waals surface area contributed by atoms with Crippen LogP contribution in [0, 0.1) is 5.92 Å². The summed E-state index contributed by atoms with van der Waals surface area (Å²) >= 11 is 6.15. The molecule has 0 radical (unpaired) electrons. The van der Waals surface area contributed by atoms with Crippen molar-refractivity contribution in [3.63, 3.8) is 0 Å². The van der Waals surface area contributed by atoms with Crippen molar-refractivity contribution in [2.75, 3.05) is 6.61 Å². The molecule has 0 spiro atoms. The summed E-state index contributed by atoms with van der Waals surface area (Å²) in [4.78, 5) is 28.6. The Kier molecular flexibility index (Phi) is 4.76. The molecule has 3 rings (SSSR count). The molecule has 1 aromatic carbocycles. The second kappa shape index (κ2) is 6.97. The fourth-order valence-electron chi connectivity index (χ4n) is 2.89. The van der Waals surface area contributed by atoms with Gasteiger partial charge in [0.15, 0.2) is 0 Å². The summed E-state index contributed by atoms with van der Waals surface area (Å²) in [6, 6.07) is 9.51. The zero-order valence-electron chi connectivity index (χ0n) is 13.2. The average molecular weight is 342 g/mol. The van der Waals surface area contributed by atoms with Gasteiger partial charge in [-0.15, -0.1) is 0 Å². The summed E-state index contributed by atoms with van der Waals surface area (Å²) in [7, 11) is 0. The smallest absolute Gasteiger partial charge is 0.310 e. The number of nitrogens with zero attached hydrogens (tertiary/aromatic N) is 1. The molecule has 0 fully saturated rings. The average Bonchev–Trinajstić information content (AvgIpc) is 2.57. The maximum atomic E-state index is 12.5. The topological polar surface area (TPSA) is 55.7 Å². The van der Waals surface area contributed by atoms with Gasteiger partial charge in [0, 0.05) is 16.5 Å². The third kappa shape index (κ3) is 3.24. The summed E-state index contributed by atoms with van der Waals surface area (Å²) in [5.74, 6) is -1.08. The van der Waals surface area contributed by atoms with Crippen LogP contribution in [0.4, 0.5) is 0 Å². The Hall–Kier alpha value is -2.46. The van der Waals surface area contributed by atoms with E-state index in [0.717, 1.165) is 11.1 Å². The standard InChI is InChI=1S/C19H16ClNO3/c1-2-24-17(22)11-15-18(12-6-4-3-5-7-12)14-10-13(20)8-9-16(14)21-19(15)23/h3-10,14H,2,11H2,1H3. The van der Waals surface area contributed by atoms with Crippen molar-refractivity contribution in [2.24, 2.45) is 10.9 Å². The van der Waals surface area contributed by atoms with Crippen LogP contribution in [-0.4, -0.2) is 24.2 Å². The van der Waals surface area contributed by atoms with Crippen LogP contribution in [0.25, 0.3) is 5.57 Å². The Morgan fingerprint density at radius 2 is 2.00 bits per heavy atom. The highest BCUT2D eigenvalue weighted by Gasteiger charge is 2.32. The van der Waals surface area contributed by atoms with Crippen LogP contribution >= 0.6 is 11.6 Å². The predicted molar refractivity (Wildman–Crippen MR) is 93.6 cm³/mol. The number of carbonyl (C=O) groups excluding carboxylic acids is 2. The predicted octanol–water partition coefficient (Wildman–Crippen LogP) is 3.68. The molecule has 5 heteroatoms. The summed E-state index contributed by atoms with van der Waals surface area (Å²) in [5, 5.41) is 0.581. The number of amides is 1. The van der Waals surface area contributed by atoms with Crippen molar-refractivity contribution in [1.82, 2.24) is 0 Å². The molecule has 122 valence electrons. The number of halogens is 1. The molecule has 0 aromatic heterocycles. The number of aliphatic imine (C=N–C) groups is 1. The highest BCUT2D eigenvalue weighted by molar-refractivity contribution is 6.33. The SMILES string of the molecule is CCOC(=O)CC1=C(c2ccccc2)C2C=C(Cl)C=CC2=NC1=O. The molecule has 1 unspecified atom stereocenters. The molecule has 2 aliphatic rings. The quantitative estimate of drug-likeness (QED) is 0.785. The Morgan fingerprint density at radius 3 is 2.71 bits per heavy atom. The van der Waals surface area contributed by atoms with Crippen LogP contribution in [-0.2, 0) is 14.3 Å². The molecule has 24 heavy (non-hydrogen) atoms. The molecule has 0 N–H and O–H groups in total. The lowest BCUT2D eigenvalue weighted by Crippen LogP contribution is -2.26. The number of dihydropyridines is 1. The van der Waals surface area contributed by atoms with E-state index in [1.165, 1.54) is 0 Å². The van der Waals surface area contributed by atoms with E-state index in [0.29, 0.717) is 16.3 Å². The highest BCUT2D eigenvalue weighted by Crippen LogP contribution is 2.37. The number of hydrogen-bond donors (Lipinski definition) is 0. The van der Waals surface area contributed by atoms with Gasteiger partial charge in [-0.3, -0.25) is 9.59 Å². The second-order valence-electron chi connectivity index (χ2n) is 5.44. The second-order valence-corrected chi connectivity index (χ2v) is 5.88. The van der Waals surface area contributed by atoms with E-state index in [-0.39, 0.29) is 18.9 Å². The van der Waals surface area contributed by atoms with Crippen LogP contribution in [0.2, 0.25) is 0 Å². The van der Waals surface area contributed by atoms with Gasteiger partial charge < -0.3 is 4.74 Å². The van der Waals surface area contributed by atoms with Crippen LogP contribution in [0.1, 0.15) is 18.9 Å². The minimum atomic E-state index is -0.436. The molecular weight excluding hydrogens is 326 g/mol. The zero-order chi connectivity index (χ0) is 17.1. The summed E-state index contributed by atoms with van der Waals surface area (Å²) in [6.45, 7) is 2.01. The fourth-order valence-corrected chi connectivity index (χ4v) is 3.08. The summed E-state index contributed by atoms with van der Waals surface area (Å²) in [6.07, 6.45) is 5.21. The monoisotopic (exact) mass is 341 g/mol. The molecule has 1 amide bonds. The van der Waals surface area contributed by atoms with Gasteiger partial charge in [-0.2, -0.15) is 0 Å². The van der Waals surface area contributed by atoms with E-state index >= 15 is 0 Å². The van der Waals surface area contributed by atoms with Gasteiger partial charge in [-0.1, -0.05) is 48.0 Å². The molecule has 1 atom stereocenters. The molecule has 0 saturated heterocycles. The number of hydrogen-bond acceptors (Lipinski definition) is 3. The number of carbonyl (C=O) groups is 2. The number of allylic oxidation sites excluding steroid dienone is 5. The van der Waals surface area contributed by atoms with E-state index in [4.69, 9.17) is 16.3 Å². The van der Waals surface area contributed by atoms with Crippen molar-refractivity contribution >= 4 is 34.8 Å². The van der Waals surface area contributed by atoms with Gasteiger partial charge in [-0.05, 0) is 30.2 Å². The minimum Gasteiger partial charge on any atom is -0.466 e. The summed E-state index contributed by atoms with van der Waals surface area (Å²) < 4.78 is 5.01. The number of esters is 1. The van der Waals surface area contributed by atoms with Gasteiger partial charge in [0.25, 0.3) is 5.91 Å². The van der Waals surface area contributed by atoms with Crippen molar-refractivity contribution in [3.8, 4) is 0 Å². The summed E-state index contributed by atoms with van der Waals surface area (Å²) in [5.41, 5.74) is 2.64. The third-order valence-electron chi connectivity index (χ3n) is 3.89. The highest BCUT2D eigenvalue weighted by atomic mass is 35.5. The lowest BCUT2D eigenvalue weighted by atomic mass is 9.80. The Labute approximate surface area is 145 Å². The molecular formula is C19H16ClNO3. The van der Waals surface area contributed by atoms with Crippen molar-refractivity contribution in [2.45, 2.75) is 13.3 Å². The van der Waals surface area contributed by atoms with E-state index < -0.39 is 11.9 Å². The Bertz CT molecular complexity index is 803. The molecule has 0 saturated carbocycles. The van der Waals surface area contributed by atoms with E-state index in [1.807, 2.05) is 36.4 Å². The molecule has 1 aliphatic carbocycles. The third-order valence-corrected chi connectivity index (χ3v) is 4.15. The Morgan fingerprint density at radius 1 is 1.25 bits per heavy atom. The maximum Gasteiger partial charge on any atom is 0.310 e. The lowest BCUT2D eigenvalue weighted by Gasteiger charge is -2.27. The largest absolute Gasteiger partial charge is 0.466 e. The van der Waals surface area contributed by atoms with Crippen LogP contribution in [0.5, 0.6) is 0 Å². The van der Waals surface area contributed by atoms with Gasteiger partial charge in [-0.25, -0.2) is 4.99 Å². The molecule has 1 aliphatic heterocycles. The fraction of sp³-hybridized carbons (Fsp3) is 0.211. The molecule has 0 bridgehead atoms. The van der Waals surface area contributed by atoms with Crippen LogP contribution in [0.3, 0.4) is 0 Å². The van der Waals surface area contributed by atoms with Gasteiger partial charge in [0.1, 0.15) is 0 Å². The van der Waals surface area contributed by atoms with Gasteiger partial charge in [0.2, 0.25) is 0 Å². The normalized spacial score (nSPS) is 19.6. The maximum absolute atomic E-state index is 12.5. The molecule has 4 nitrogen and oxygen atoms in total. The van der Waals surface area contributed by atoms with Crippen molar-refractivity contribution in [1.29, 1.82) is 0 Å².